The van der Waals surface area contributed by atoms with Gasteiger partial charge < -0.3 is 10.2 Å². The first-order valence-corrected chi connectivity index (χ1v) is 8.84. The molecule has 1 atom stereocenters. The Morgan fingerprint density at radius 2 is 1.75 bits per heavy atom. The fraction of sp³-hybridized carbons (Fsp3) is 1.00. The summed E-state index contributed by atoms with van der Waals surface area (Å²) >= 11 is 0. The van der Waals surface area contributed by atoms with Crippen LogP contribution in [0.4, 0.5) is 0 Å². The lowest BCUT2D eigenvalue weighted by Gasteiger charge is -2.41. The van der Waals surface area contributed by atoms with Crippen molar-refractivity contribution in [1.82, 2.24) is 10.2 Å². The highest BCUT2D eigenvalue weighted by Crippen LogP contribution is 2.31. The molecule has 0 aromatic heterocycles. The fourth-order valence-electron chi connectivity index (χ4n) is 3.54. The standard InChI is InChI=1S/C18H38N2/c1-7-13-19-15(3)18(4,5)14-20(6)17-11-9-16(8-2)10-12-17/h15-17,19H,7-14H2,1-6H3. The van der Waals surface area contributed by atoms with Gasteiger partial charge in [0, 0.05) is 18.6 Å². The van der Waals surface area contributed by atoms with Crippen molar-refractivity contribution >= 4 is 0 Å². The Bertz CT molecular complexity index is 254. The van der Waals surface area contributed by atoms with Crippen LogP contribution in [0.2, 0.25) is 0 Å². The van der Waals surface area contributed by atoms with E-state index in [-0.39, 0.29) is 0 Å². The van der Waals surface area contributed by atoms with E-state index in [0.717, 1.165) is 18.5 Å². The third kappa shape index (κ3) is 5.37. The Morgan fingerprint density at radius 1 is 1.15 bits per heavy atom. The Balaban J connectivity index is 2.42. The zero-order chi connectivity index (χ0) is 15.2. The minimum atomic E-state index is 0.339. The van der Waals surface area contributed by atoms with Crippen LogP contribution in [0.3, 0.4) is 0 Å². The average Bonchev–Trinajstić information content (AvgIpc) is 2.44. The lowest BCUT2D eigenvalue weighted by Crippen LogP contribution is -2.48. The lowest BCUT2D eigenvalue weighted by atomic mass is 9.81. The molecule has 1 N–H and O–H groups in total. The van der Waals surface area contributed by atoms with E-state index >= 15 is 0 Å². The van der Waals surface area contributed by atoms with Gasteiger partial charge in [-0.05, 0) is 64.0 Å². The van der Waals surface area contributed by atoms with Gasteiger partial charge in [0.15, 0.2) is 0 Å². The molecule has 2 nitrogen and oxygen atoms in total. The largest absolute Gasteiger partial charge is 0.314 e. The van der Waals surface area contributed by atoms with Gasteiger partial charge in [-0.2, -0.15) is 0 Å². The van der Waals surface area contributed by atoms with E-state index in [0.29, 0.717) is 11.5 Å². The summed E-state index contributed by atoms with van der Waals surface area (Å²) in [7, 11) is 2.34. The molecule has 0 radical (unpaired) electrons. The van der Waals surface area contributed by atoms with Crippen LogP contribution in [0.1, 0.15) is 73.1 Å². The Labute approximate surface area is 127 Å². The summed E-state index contributed by atoms with van der Waals surface area (Å²) in [5, 5.41) is 3.67. The van der Waals surface area contributed by atoms with Crippen molar-refractivity contribution in [3.8, 4) is 0 Å². The molecule has 1 saturated carbocycles. The van der Waals surface area contributed by atoms with E-state index < -0.39 is 0 Å². The van der Waals surface area contributed by atoms with Gasteiger partial charge in [0.2, 0.25) is 0 Å². The van der Waals surface area contributed by atoms with Gasteiger partial charge in [0.05, 0.1) is 0 Å². The summed E-state index contributed by atoms with van der Waals surface area (Å²) in [6, 6.07) is 1.40. The van der Waals surface area contributed by atoms with Crippen LogP contribution in [0.15, 0.2) is 0 Å². The van der Waals surface area contributed by atoms with Crippen LogP contribution in [0.25, 0.3) is 0 Å². The number of hydrogen-bond acceptors (Lipinski definition) is 2. The lowest BCUT2D eigenvalue weighted by molar-refractivity contribution is 0.0988. The summed E-state index contributed by atoms with van der Waals surface area (Å²) in [5.74, 6) is 0.998. The minimum absolute atomic E-state index is 0.339. The molecule has 20 heavy (non-hydrogen) atoms. The molecule has 1 fully saturated rings. The SMILES string of the molecule is CCCNC(C)C(C)(C)CN(C)C1CCC(CC)CC1. The van der Waals surface area contributed by atoms with Crippen LogP contribution >= 0.6 is 0 Å². The Hall–Kier alpha value is -0.0800. The number of hydrogen-bond donors (Lipinski definition) is 1. The quantitative estimate of drug-likeness (QED) is 0.714. The molecule has 1 rings (SSSR count). The van der Waals surface area contributed by atoms with E-state index in [1.165, 1.54) is 45.1 Å². The highest BCUT2D eigenvalue weighted by Gasteiger charge is 2.30. The van der Waals surface area contributed by atoms with Crippen molar-refractivity contribution in [1.29, 1.82) is 0 Å². The van der Waals surface area contributed by atoms with Gasteiger partial charge in [-0.25, -0.2) is 0 Å². The summed E-state index contributed by atoms with van der Waals surface area (Å²) in [6.45, 7) is 14.1. The monoisotopic (exact) mass is 282 g/mol. The van der Waals surface area contributed by atoms with Crippen LogP contribution < -0.4 is 5.32 Å². The minimum Gasteiger partial charge on any atom is -0.314 e. The van der Waals surface area contributed by atoms with E-state index in [1.807, 2.05) is 0 Å². The van der Waals surface area contributed by atoms with Crippen molar-refractivity contribution in [2.45, 2.75) is 85.2 Å². The van der Waals surface area contributed by atoms with Crippen molar-refractivity contribution in [2.75, 3.05) is 20.1 Å². The third-order valence-corrected chi connectivity index (χ3v) is 5.55. The van der Waals surface area contributed by atoms with Crippen molar-refractivity contribution in [3.63, 3.8) is 0 Å². The van der Waals surface area contributed by atoms with Gasteiger partial charge in [-0.3, -0.25) is 0 Å². The smallest absolute Gasteiger partial charge is 0.0102 e. The van der Waals surface area contributed by atoms with Crippen molar-refractivity contribution < 1.29 is 0 Å². The molecule has 2 heteroatoms. The molecule has 1 unspecified atom stereocenters. The van der Waals surface area contributed by atoms with Gasteiger partial charge in [-0.1, -0.05) is 34.1 Å². The highest BCUT2D eigenvalue weighted by atomic mass is 15.1. The molecule has 1 aliphatic carbocycles. The zero-order valence-corrected chi connectivity index (χ0v) is 14.8. The molecule has 0 amide bonds. The number of rotatable bonds is 8. The fourth-order valence-corrected chi connectivity index (χ4v) is 3.54. The van der Waals surface area contributed by atoms with E-state index in [4.69, 9.17) is 0 Å². The van der Waals surface area contributed by atoms with Crippen LogP contribution in [-0.2, 0) is 0 Å². The molecule has 0 heterocycles. The average molecular weight is 283 g/mol. The molecule has 120 valence electrons. The summed E-state index contributed by atoms with van der Waals surface area (Å²) in [6.07, 6.45) is 8.28. The van der Waals surface area contributed by atoms with Crippen LogP contribution in [0, 0.1) is 11.3 Å². The molecule has 0 aliphatic heterocycles. The van der Waals surface area contributed by atoms with Crippen molar-refractivity contribution in [3.05, 3.63) is 0 Å². The van der Waals surface area contributed by atoms with Crippen LogP contribution in [-0.4, -0.2) is 37.1 Å². The summed E-state index contributed by atoms with van der Waals surface area (Å²) < 4.78 is 0. The van der Waals surface area contributed by atoms with Crippen molar-refractivity contribution in [2.24, 2.45) is 11.3 Å². The highest BCUT2D eigenvalue weighted by molar-refractivity contribution is 4.86. The Kier molecular flexibility index (Phi) is 7.53. The van der Waals surface area contributed by atoms with Crippen LogP contribution in [0.5, 0.6) is 0 Å². The normalized spacial score (nSPS) is 25.9. The first-order valence-electron chi connectivity index (χ1n) is 8.84. The van der Waals surface area contributed by atoms with Gasteiger partial charge >= 0.3 is 0 Å². The Morgan fingerprint density at radius 3 is 2.25 bits per heavy atom. The second-order valence-electron chi connectivity index (χ2n) is 7.66. The molecule has 0 aromatic carbocycles. The van der Waals surface area contributed by atoms with E-state index in [1.54, 1.807) is 0 Å². The maximum atomic E-state index is 3.67. The number of nitrogens with zero attached hydrogens (tertiary/aromatic N) is 1. The first-order chi connectivity index (χ1) is 9.40. The third-order valence-electron chi connectivity index (χ3n) is 5.55. The molecule has 0 aromatic rings. The maximum absolute atomic E-state index is 3.67. The summed E-state index contributed by atoms with van der Waals surface area (Å²) in [4.78, 5) is 2.63. The van der Waals surface area contributed by atoms with Gasteiger partial charge in [0.25, 0.3) is 0 Å². The molecule has 0 spiro atoms. The second kappa shape index (κ2) is 8.38. The molecule has 0 bridgehead atoms. The molecular weight excluding hydrogens is 244 g/mol. The van der Waals surface area contributed by atoms with E-state index in [2.05, 4.69) is 51.9 Å². The topological polar surface area (TPSA) is 15.3 Å². The van der Waals surface area contributed by atoms with E-state index in [9.17, 15) is 0 Å². The number of nitrogens with one attached hydrogen (secondary N) is 1. The zero-order valence-electron chi connectivity index (χ0n) is 14.8. The maximum Gasteiger partial charge on any atom is 0.0102 e. The van der Waals surface area contributed by atoms with Gasteiger partial charge in [-0.15, -0.1) is 0 Å². The summed E-state index contributed by atoms with van der Waals surface area (Å²) in [5.41, 5.74) is 0.339. The molecular formula is C18H38N2. The predicted octanol–water partition coefficient (Wildman–Crippen LogP) is 4.30. The molecule has 1 aliphatic rings. The first kappa shape index (κ1) is 18.0. The van der Waals surface area contributed by atoms with Gasteiger partial charge in [0.1, 0.15) is 0 Å². The second-order valence-corrected chi connectivity index (χ2v) is 7.66. The predicted molar refractivity (Wildman–Crippen MR) is 90.2 cm³/mol. The molecule has 0 saturated heterocycles.